The number of primary amides is 1. The van der Waals surface area contributed by atoms with E-state index in [9.17, 15) is 9.59 Å². The highest BCUT2D eigenvalue weighted by atomic mass is 16.6. The molecule has 2 N–H and O–H groups in total. The highest BCUT2D eigenvalue weighted by Crippen LogP contribution is 2.58. The predicted molar refractivity (Wildman–Crippen MR) is 117 cm³/mol. The van der Waals surface area contributed by atoms with E-state index in [4.69, 9.17) is 24.7 Å². The number of carbonyl (C=O) groups is 2. The number of likely N-dealkylation sites (tertiary alicyclic amines) is 1. The number of benzene rings is 1. The molecule has 8 heteroatoms. The average Bonchev–Trinajstić information content (AvgIpc) is 2.73. The predicted octanol–water partition coefficient (Wildman–Crippen LogP) is 2.44. The van der Waals surface area contributed by atoms with Gasteiger partial charge in [0.15, 0.2) is 11.5 Å². The van der Waals surface area contributed by atoms with Crippen molar-refractivity contribution in [1.29, 1.82) is 0 Å². The van der Waals surface area contributed by atoms with Crippen LogP contribution < -0.4 is 15.2 Å². The van der Waals surface area contributed by atoms with Crippen molar-refractivity contribution >= 4 is 11.9 Å². The normalized spacial score (nSPS) is 30.8. The molecule has 0 spiro atoms. The number of fused-ring (bicyclic) bond motifs is 4. The molecule has 0 saturated carbocycles. The van der Waals surface area contributed by atoms with Crippen LogP contribution in [0.25, 0.3) is 0 Å². The fraction of sp³-hybridized carbons (Fsp3) is 0.667. The van der Waals surface area contributed by atoms with Crippen LogP contribution in [0.3, 0.4) is 0 Å². The molecular weight excluding hydrogens is 412 g/mol. The molecule has 0 unspecified atom stereocenters. The van der Waals surface area contributed by atoms with E-state index in [0.29, 0.717) is 38.3 Å². The Balaban J connectivity index is 1.73. The summed E-state index contributed by atoms with van der Waals surface area (Å²) in [6, 6.07) is 5.88. The molecule has 0 radical (unpaired) electrons. The zero-order valence-electron chi connectivity index (χ0n) is 19.4. The maximum Gasteiger partial charge on any atom is 0.316 e. The molecule has 176 valence electrons. The third-order valence-corrected chi connectivity index (χ3v) is 7.03. The second kappa shape index (κ2) is 8.56. The molecule has 0 bridgehead atoms. The summed E-state index contributed by atoms with van der Waals surface area (Å²) < 4.78 is 24.6. The number of para-hydroxylation sites is 1. The first-order valence-electron chi connectivity index (χ1n) is 11.5. The van der Waals surface area contributed by atoms with Crippen LogP contribution in [-0.4, -0.2) is 61.3 Å². The van der Waals surface area contributed by atoms with E-state index in [2.05, 4.69) is 0 Å². The topological polar surface area (TPSA) is 100 Å². The molecule has 1 aromatic rings. The molecule has 0 aromatic heterocycles. The average molecular weight is 447 g/mol. The minimum absolute atomic E-state index is 0.0824. The van der Waals surface area contributed by atoms with Crippen LogP contribution >= 0.6 is 0 Å². The van der Waals surface area contributed by atoms with Gasteiger partial charge >= 0.3 is 5.97 Å². The Morgan fingerprint density at radius 3 is 2.72 bits per heavy atom. The Kier molecular flexibility index (Phi) is 6.11. The molecular formula is C24H34N2O6. The number of hydrogen-bond donors (Lipinski definition) is 1. The number of esters is 1. The lowest BCUT2D eigenvalue weighted by Crippen LogP contribution is -2.64. The lowest BCUT2D eigenvalue weighted by atomic mass is 9.63. The van der Waals surface area contributed by atoms with Gasteiger partial charge in [0, 0.05) is 24.6 Å². The molecule has 0 aliphatic carbocycles. The van der Waals surface area contributed by atoms with Gasteiger partial charge in [-0.05, 0) is 46.6 Å². The maximum atomic E-state index is 13.4. The van der Waals surface area contributed by atoms with Crippen molar-refractivity contribution in [2.45, 2.75) is 58.3 Å². The second-order valence-electron chi connectivity index (χ2n) is 9.51. The van der Waals surface area contributed by atoms with E-state index in [1.54, 1.807) is 6.92 Å². The van der Waals surface area contributed by atoms with Gasteiger partial charge in [-0.3, -0.25) is 14.5 Å². The van der Waals surface area contributed by atoms with Gasteiger partial charge in [-0.2, -0.15) is 0 Å². The number of hydrogen-bond acceptors (Lipinski definition) is 7. The second-order valence-corrected chi connectivity index (χ2v) is 9.51. The zero-order chi connectivity index (χ0) is 23.1. The summed E-state index contributed by atoms with van der Waals surface area (Å²) in [5.74, 6) is 0.660. The van der Waals surface area contributed by atoms with Crippen molar-refractivity contribution in [3.63, 3.8) is 0 Å². The molecule has 1 aromatic carbocycles. The summed E-state index contributed by atoms with van der Waals surface area (Å²) in [5, 5.41) is 0. The number of ether oxygens (including phenoxy) is 4. The van der Waals surface area contributed by atoms with E-state index >= 15 is 0 Å². The van der Waals surface area contributed by atoms with Crippen LogP contribution in [-0.2, 0) is 19.1 Å². The molecule has 3 heterocycles. The van der Waals surface area contributed by atoms with Crippen molar-refractivity contribution in [1.82, 2.24) is 4.90 Å². The Hall–Kier alpha value is -2.32. The van der Waals surface area contributed by atoms with Crippen LogP contribution in [0.2, 0.25) is 0 Å². The van der Waals surface area contributed by atoms with Gasteiger partial charge in [0.05, 0.1) is 32.0 Å². The molecule has 3 aliphatic heterocycles. The largest absolute Gasteiger partial charge is 0.490 e. The minimum Gasteiger partial charge on any atom is -0.490 e. The summed E-state index contributed by atoms with van der Waals surface area (Å²) in [4.78, 5) is 26.9. The molecule has 2 saturated heterocycles. The first kappa shape index (κ1) is 22.9. The van der Waals surface area contributed by atoms with E-state index < -0.39 is 16.9 Å². The Morgan fingerprint density at radius 1 is 1.25 bits per heavy atom. The number of rotatable bonds is 6. The third kappa shape index (κ3) is 3.83. The standard InChI is InChI=1S/C24H34N2O6/c1-5-29-17-9-7-8-15-20-16(23(3,4)32-21(15)17)12-24(22(28)30-6-2)14-26(13-19(25)27)11-10-18(24)31-20/h7-9,16,18,20H,5-6,10-14H2,1-4H3,(H2,25,27)/t16-,18-,20+,24-/m0/s1. The number of nitrogens with two attached hydrogens (primary N) is 1. The number of carbonyl (C=O) groups excluding carboxylic acids is 2. The van der Waals surface area contributed by atoms with E-state index in [-0.39, 0.29) is 37.2 Å². The minimum atomic E-state index is -0.874. The first-order chi connectivity index (χ1) is 15.2. The fourth-order valence-electron chi connectivity index (χ4n) is 5.61. The Morgan fingerprint density at radius 2 is 2.03 bits per heavy atom. The number of amides is 1. The van der Waals surface area contributed by atoms with Crippen LogP contribution in [0.1, 0.15) is 52.2 Å². The zero-order valence-corrected chi connectivity index (χ0v) is 19.4. The van der Waals surface area contributed by atoms with Crippen molar-refractivity contribution in [3.05, 3.63) is 23.8 Å². The van der Waals surface area contributed by atoms with Crippen LogP contribution in [0.4, 0.5) is 0 Å². The van der Waals surface area contributed by atoms with Crippen LogP contribution in [0.15, 0.2) is 18.2 Å². The van der Waals surface area contributed by atoms with Crippen LogP contribution in [0, 0.1) is 11.3 Å². The van der Waals surface area contributed by atoms with E-state index in [1.165, 1.54) is 0 Å². The monoisotopic (exact) mass is 446 g/mol. The van der Waals surface area contributed by atoms with Crippen molar-refractivity contribution in [2.24, 2.45) is 17.1 Å². The molecule has 3 aliphatic rings. The smallest absolute Gasteiger partial charge is 0.316 e. The van der Waals surface area contributed by atoms with E-state index in [0.717, 1.165) is 11.3 Å². The molecule has 2 fully saturated rings. The molecule has 1 amide bonds. The third-order valence-electron chi connectivity index (χ3n) is 7.03. The summed E-state index contributed by atoms with van der Waals surface area (Å²) in [6.45, 7) is 9.77. The number of nitrogens with zero attached hydrogens (tertiary/aromatic N) is 1. The molecule has 4 atom stereocenters. The summed E-state index contributed by atoms with van der Waals surface area (Å²) in [6.07, 6.45) is 0.632. The van der Waals surface area contributed by atoms with Crippen molar-refractivity contribution < 1.29 is 28.5 Å². The van der Waals surface area contributed by atoms with Gasteiger partial charge in [0.2, 0.25) is 5.91 Å². The van der Waals surface area contributed by atoms with E-state index in [1.807, 2.05) is 43.9 Å². The molecule has 32 heavy (non-hydrogen) atoms. The van der Waals surface area contributed by atoms with Gasteiger partial charge in [0.25, 0.3) is 0 Å². The Bertz CT molecular complexity index is 887. The lowest BCUT2D eigenvalue weighted by molar-refractivity contribution is -0.232. The van der Waals surface area contributed by atoms with Gasteiger partial charge in [-0.1, -0.05) is 12.1 Å². The SMILES string of the molecule is CCOC(=O)[C@]12C[C@H]3[C@H](O[C@H]1CCN(CC(N)=O)C2)c1cccc(OCC)c1OC3(C)C. The summed E-state index contributed by atoms with van der Waals surface area (Å²) >= 11 is 0. The van der Waals surface area contributed by atoms with Crippen molar-refractivity contribution in [2.75, 3.05) is 32.8 Å². The highest BCUT2D eigenvalue weighted by Gasteiger charge is 2.61. The highest BCUT2D eigenvalue weighted by molar-refractivity contribution is 5.79. The van der Waals surface area contributed by atoms with Gasteiger partial charge in [-0.15, -0.1) is 0 Å². The van der Waals surface area contributed by atoms with Gasteiger partial charge in [-0.25, -0.2) is 0 Å². The number of piperidine rings is 1. The van der Waals surface area contributed by atoms with Gasteiger partial charge < -0.3 is 24.7 Å². The molecule has 4 rings (SSSR count). The molecule has 8 nitrogen and oxygen atoms in total. The van der Waals surface area contributed by atoms with Crippen LogP contribution in [0.5, 0.6) is 11.5 Å². The van der Waals surface area contributed by atoms with Gasteiger partial charge in [0.1, 0.15) is 11.0 Å². The van der Waals surface area contributed by atoms with Crippen molar-refractivity contribution in [3.8, 4) is 11.5 Å². The first-order valence-corrected chi connectivity index (χ1v) is 11.5. The Labute approximate surface area is 189 Å². The maximum absolute atomic E-state index is 13.4. The summed E-state index contributed by atoms with van der Waals surface area (Å²) in [5.41, 5.74) is 4.94. The fourth-order valence-corrected chi connectivity index (χ4v) is 5.61. The lowest BCUT2D eigenvalue weighted by Gasteiger charge is -2.57. The summed E-state index contributed by atoms with van der Waals surface area (Å²) in [7, 11) is 0. The quantitative estimate of drug-likeness (QED) is 0.670.